The van der Waals surface area contributed by atoms with Crippen LogP contribution < -0.4 is 15.0 Å². The Balaban J connectivity index is 1.38. The quantitative estimate of drug-likeness (QED) is 0.255. The molecule has 0 bridgehead atoms. The first-order valence-electron chi connectivity index (χ1n) is 16.0. The molecular formula is C36H45FN6O4. The smallest absolute Gasteiger partial charge is 0.344 e. The van der Waals surface area contributed by atoms with Crippen LogP contribution in [0.4, 0.5) is 10.1 Å². The Morgan fingerprint density at radius 3 is 2.38 bits per heavy atom. The lowest BCUT2D eigenvalue weighted by Crippen LogP contribution is -2.46. The summed E-state index contributed by atoms with van der Waals surface area (Å²) in [5.41, 5.74) is 3.01. The molecule has 0 radical (unpaired) electrons. The molecule has 10 nitrogen and oxygen atoms in total. The van der Waals surface area contributed by atoms with Crippen molar-refractivity contribution < 1.29 is 23.5 Å². The van der Waals surface area contributed by atoms with Gasteiger partial charge in [-0.3, -0.25) is 4.79 Å². The molecule has 1 fully saturated rings. The number of halogens is 1. The number of carbonyl (C=O) groups is 2. The minimum Gasteiger partial charge on any atom is -0.482 e. The van der Waals surface area contributed by atoms with Crippen molar-refractivity contribution in [3.63, 3.8) is 0 Å². The van der Waals surface area contributed by atoms with Gasteiger partial charge < -0.3 is 24.6 Å². The molecule has 1 aliphatic rings. The van der Waals surface area contributed by atoms with Crippen LogP contribution in [-0.2, 0) is 16.1 Å². The summed E-state index contributed by atoms with van der Waals surface area (Å²) in [6.07, 6.45) is 3.98. The van der Waals surface area contributed by atoms with Crippen molar-refractivity contribution in [2.24, 2.45) is 0 Å². The number of aryl methyl sites for hydroxylation is 2. The summed E-state index contributed by atoms with van der Waals surface area (Å²) in [6, 6.07) is 14.1. The summed E-state index contributed by atoms with van der Waals surface area (Å²) in [7, 11) is 0. The topological polar surface area (TPSA) is 121 Å². The maximum atomic E-state index is 14.9. The molecule has 11 heteroatoms. The van der Waals surface area contributed by atoms with E-state index in [1.807, 2.05) is 32.9 Å². The van der Waals surface area contributed by atoms with E-state index in [4.69, 9.17) is 9.47 Å². The molecule has 1 atom stereocenters. The minimum atomic E-state index is -0.594. The Kier molecular flexibility index (Phi) is 11.9. The zero-order chi connectivity index (χ0) is 34.1. The summed E-state index contributed by atoms with van der Waals surface area (Å²) in [6.45, 7) is 13.7. The normalized spacial score (nSPS) is 14.6. The summed E-state index contributed by atoms with van der Waals surface area (Å²) >= 11 is 0. The van der Waals surface area contributed by atoms with E-state index in [0.29, 0.717) is 40.4 Å². The van der Waals surface area contributed by atoms with Crippen LogP contribution in [0.3, 0.4) is 0 Å². The van der Waals surface area contributed by atoms with Crippen LogP contribution in [-0.4, -0.2) is 70.7 Å². The van der Waals surface area contributed by atoms with Crippen LogP contribution in [0.15, 0.2) is 48.8 Å². The molecule has 0 spiro atoms. The number of carbonyl (C=O) groups excluding carboxylic acids is 2. The third-order valence-corrected chi connectivity index (χ3v) is 8.17. The van der Waals surface area contributed by atoms with Gasteiger partial charge in [0.05, 0.1) is 28.6 Å². The fourth-order valence-corrected chi connectivity index (χ4v) is 5.75. The van der Waals surface area contributed by atoms with Gasteiger partial charge in [0.15, 0.2) is 6.61 Å². The van der Waals surface area contributed by atoms with Gasteiger partial charge in [0.1, 0.15) is 23.5 Å². The van der Waals surface area contributed by atoms with Gasteiger partial charge in [-0.15, -0.1) is 0 Å². The van der Waals surface area contributed by atoms with Gasteiger partial charge in [-0.05, 0) is 103 Å². The molecule has 1 amide bonds. The van der Waals surface area contributed by atoms with E-state index in [1.54, 1.807) is 39.0 Å². The highest BCUT2D eigenvalue weighted by molar-refractivity contribution is 5.96. The summed E-state index contributed by atoms with van der Waals surface area (Å²) in [5.74, 6) is -0.433. The number of hydrogen-bond acceptors (Lipinski definition) is 9. The van der Waals surface area contributed by atoms with Crippen molar-refractivity contribution in [1.82, 2.24) is 20.2 Å². The van der Waals surface area contributed by atoms with Gasteiger partial charge in [-0.2, -0.15) is 5.26 Å². The highest BCUT2D eigenvalue weighted by Gasteiger charge is 2.27. The van der Waals surface area contributed by atoms with Gasteiger partial charge in [0.2, 0.25) is 0 Å². The summed E-state index contributed by atoms with van der Waals surface area (Å²) < 4.78 is 25.9. The Morgan fingerprint density at radius 2 is 1.77 bits per heavy atom. The van der Waals surface area contributed by atoms with Crippen LogP contribution in [0.2, 0.25) is 0 Å². The number of nitrogens with one attached hydrogen (secondary N) is 1. The number of piperidine rings is 1. The monoisotopic (exact) mass is 644 g/mol. The van der Waals surface area contributed by atoms with Crippen LogP contribution in [0, 0.1) is 31.0 Å². The fraction of sp³-hybridized carbons (Fsp3) is 0.472. The molecule has 0 saturated carbocycles. The molecule has 1 N–H and O–H groups in total. The molecule has 250 valence electrons. The van der Waals surface area contributed by atoms with Gasteiger partial charge in [0, 0.05) is 49.5 Å². The molecule has 0 unspecified atom stereocenters. The summed E-state index contributed by atoms with van der Waals surface area (Å²) in [5, 5.41) is 12.5. The number of likely N-dealkylation sites (tertiary alicyclic amines) is 1. The van der Waals surface area contributed by atoms with Crippen LogP contribution >= 0.6 is 0 Å². The molecule has 1 saturated heterocycles. The lowest BCUT2D eigenvalue weighted by Gasteiger charge is -2.40. The number of nitriles is 1. The predicted molar refractivity (Wildman–Crippen MR) is 178 cm³/mol. The maximum Gasteiger partial charge on any atom is 0.344 e. The number of aromatic nitrogens is 2. The molecule has 47 heavy (non-hydrogen) atoms. The molecule has 1 aliphatic heterocycles. The Bertz CT molecular complexity index is 1560. The number of anilines is 1. The third kappa shape index (κ3) is 10.2. The molecular weight excluding hydrogens is 599 g/mol. The van der Waals surface area contributed by atoms with Crippen molar-refractivity contribution in [2.75, 3.05) is 31.1 Å². The number of rotatable bonds is 12. The van der Waals surface area contributed by atoms with Gasteiger partial charge >= 0.3 is 5.97 Å². The van der Waals surface area contributed by atoms with E-state index in [9.17, 15) is 19.2 Å². The van der Waals surface area contributed by atoms with Crippen molar-refractivity contribution in [1.29, 1.82) is 5.26 Å². The highest BCUT2D eigenvalue weighted by atomic mass is 19.1. The van der Waals surface area contributed by atoms with Crippen molar-refractivity contribution in [3.8, 4) is 11.8 Å². The standard InChI is InChI=1S/C36H45FN6O4/c1-24(41-35(45)34-25(2)39-23-40-26(34)3)13-16-42-17-14-30(15-18-42)43(21-28-19-27(20-38)7-12-32(28)37)29-8-10-31(11-9-29)46-22-33(44)47-36(4,5)6/h7-12,19,23-24,30H,13-18,21-22H2,1-6H3,(H,41,45)/t24-/m1/s1. The second kappa shape index (κ2) is 15.8. The van der Waals surface area contributed by atoms with Crippen LogP contribution in [0.5, 0.6) is 5.75 Å². The van der Waals surface area contributed by atoms with Gasteiger partial charge in [-0.1, -0.05) is 0 Å². The van der Waals surface area contributed by atoms with Gasteiger partial charge in [0.25, 0.3) is 5.91 Å². The van der Waals surface area contributed by atoms with Crippen molar-refractivity contribution >= 4 is 17.6 Å². The maximum absolute atomic E-state index is 14.9. The first kappa shape index (κ1) is 35.3. The van der Waals surface area contributed by atoms with Crippen molar-refractivity contribution in [2.45, 2.75) is 85.0 Å². The van der Waals surface area contributed by atoms with E-state index >= 15 is 0 Å². The predicted octanol–water partition coefficient (Wildman–Crippen LogP) is 5.50. The molecule has 3 aromatic rings. The zero-order valence-corrected chi connectivity index (χ0v) is 28.2. The number of hydrogen-bond donors (Lipinski definition) is 1. The van der Waals surface area contributed by atoms with Crippen molar-refractivity contribution in [3.05, 3.63) is 82.7 Å². The summed E-state index contributed by atoms with van der Waals surface area (Å²) in [4.78, 5) is 37.9. The number of benzene rings is 2. The van der Waals surface area contributed by atoms with E-state index in [1.165, 1.54) is 18.5 Å². The van der Waals surface area contributed by atoms with E-state index in [-0.39, 0.29) is 30.4 Å². The van der Waals surface area contributed by atoms with E-state index in [2.05, 4.69) is 31.2 Å². The third-order valence-electron chi connectivity index (χ3n) is 8.17. The first-order chi connectivity index (χ1) is 22.3. The molecule has 0 aliphatic carbocycles. The molecule has 1 aromatic heterocycles. The largest absolute Gasteiger partial charge is 0.482 e. The molecule has 4 rings (SSSR count). The number of nitrogens with zero attached hydrogens (tertiary/aromatic N) is 5. The Labute approximate surface area is 276 Å². The zero-order valence-electron chi connectivity index (χ0n) is 28.2. The number of amides is 1. The lowest BCUT2D eigenvalue weighted by molar-refractivity contribution is -0.157. The van der Waals surface area contributed by atoms with Crippen LogP contribution in [0.1, 0.15) is 79.8 Å². The highest BCUT2D eigenvalue weighted by Crippen LogP contribution is 2.29. The van der Waals surface area contributed by atoms with Gasteiger partial charge in [-0.25, -0.2) is 19.2 Å². The average molecular weight is 645 g/mol. The first-order valence-corrected chi connectivity index (χ1v) is 16.0. The second-order valence-corrected chi connectivity index (χ2v) is 13.1. The number of ether oxygens (including phenoxy) is 2. The SMILES string of the molecule is Cc1ncnc(C)c1C(=O)N[C@H](C)CCN1CCC(N(Cc2cc(C#N)ccc2F)c2ccc(OCC(=O)OC(C)(C)C)cc2)CC1. The number of esters is 1. The molecule has 2 aromatic carbocycles. The fourth-order valence-electron chi connectivity index (χ4n) is 5.75. The van der Waals surface area contributed by atoms with E-state index < -0.39 is 11.6 Å². The second-order valence-electron chi connectivity index (χ2n) is 13.1. The Hall–Kier alpha value is -4.56. The lowest BCUT2D eigenvalue weighted by atomic mass is 10.00. The molecule has 2 heterocycles. The minimum absolute atomic E-state index is 0.0258. The average Bonchev–Trinajstić information content (AvgIpc) is 3.02. The Morgan fingerprint density at radius 1 is 1.11 bits per heavy atom. The van der Waals surface area contributed by atoms with E-state index in [0.717, 1.165) is 44.6 Å². The van der Waals surface area contributed by atoms with Crippen LogP contribution in [0.25, 0.3) is 0 Å².